The fourth-order valence-corrected chi connectivity index (χ4v) is 1.90. The topological polar surface area (TPSA) is 107 Å². The maximum atomic E-state index is 5.94. The molecule has 0 aromatic carbocycles. The lowest BCUT2D eigenvalue weighted by Gasteiger charge is -2.20. The van der Waals surface area contributed by atoms with E-state index in [1.54, 1.807) is 6.20 Å². The zero-order chi connectivity index (χ0) is 12.4. The minimum atomic E-state index is -0.0411. The molecule has 7 nitrogen and oxygen atoms in total. The fraction of sp³-hybridized carbons (Fsp3) is 0.600. The first kappa shape index (κ1) is 11.7. The van der Waals surface area contributed by atoms with E-state index in [2.05, 4.69) is 39.4 Å². The summed E-state index contributed by atoms with van der Waals surface area (Å²) in [5.74, 6) is 1.36. The molecule has 2 unspecified atom stereocenters. The van der Waals surface area contributed by atoms with Crippen LogP contribution in [0.1, 0.15) is 32.6 Å². The lowest BCUT2D eigenvalue weighted by atomic mass is 9.90. The third kappa shape index (κ3) is 2.33. The van der Waals surface area contributed by atoms with Gasteiger partial charge in [0.25, 0.3) is 0 Å². The largest absolute Gasteiger partial charge is 0.339 e. The first-order valence-corrected chi connectivity index (χ1v) is 5.55. The molecule has 0 amide bonds. The zero-order valence-corrected chi connectivity index (χ0v) is 10.1. The highest BCUT2D eigenvalue weighted by Crippen LogP contribution is 2.26. The average molecular weight is 236 g/mol. The van der Waals surface area contributed by atoms with Gasteiger partial charge in [0.15, 0.2) is 5.69 Å². The number of rotatable bonds is 4. The molecule has 0 aliphatic carbocycles. The molecule has 0 saturated heterocycles. The molecule has 2 heterocycles. The van der Waals surface area contributed by atoms with Crippen LogP contribution in [0, 0.1) is 5.92 Å². The normalized spacial score (nSPS) is 15.1. The molecule has 0 aliphatic rings. The Bertz CT molecular complexity index is 453. The highest BCUT2D eigenvalue weighted by molar-refractivity contribution is 5.44. The molecule has 2 aromatic rings. The van der Waals surface area contributed by atoms with E-state index in [-0.39, 0.29) is 12.0 Å². The highest BCUT2D eigenvalue weighted by Gasteiger charge is 2.26. The molecule has 0 spiro atoms. The van der Waals surface area contributed by atoms with Gasteiger partial charge in [0.1, 0.15) is 0 Å². The van der Waals surface area contributed by atoms with Crippen LogP contribution in [-0.2, 0) is 0 Å². The maximum absolute atomic E-state index is 5.94. The standard InChI is InChI=1S/C10H16N6O/c1-5(2)8(6(3)11)10-13-9(15-17-10)7-4-12-16-14-7/h4-6,8H,11H2,1-3H3,(H,12,14,16). The molecule has 0 aliphatic heterocycles. The number of hydrogen-bond acceptors (Lipinski definition) is 6. The van der Waals surface area contributed by atoms with Gasteiger partial charge < -0.3 is 10.3 Å². The van der Waals surface area contributed by atoms with E-state index in [1.165, 1.54) is 0 Å². The summed E-state index contributed by atoms with van der Waals surface area (Å²) in [4.78, 5) is 4.32. The third-order valence-corrected chi connectivity index (χ3v) is 2.66. The van der Waals surface area contributed by atoms with Crippen LogP contribution in [0.15, 0.2) is 10.7 Å². The zero-order valence-electron chi connectivity index (χ0n) is 10.1. The number of aromatic amines is 1. The smallest absolute Gasteiger partial charge is 0.231 e. The van der Waals surface area contributed by atoms with Crippen molar-refractivity contribution in [3.05, 3.63) is 12.1 Å². The van der Waals surface area contributed by atoms with Gasteiger partial charge in [0.2, 0.25) is 11.7 Å². The van der Waals surface area contributed by atoms with Gasteiger partial charge in [0, 0.05) is 6.04 Å². The van der Waals surface area contributed by atoms with Gasteiger partial charge in [-0.15, -0.1) is 0 Å². The number of hydrogen-bond donors (Lipinski definition) is 2. The van der Waals surface area contributed by atoms with Crippen molar-refractivity contribution in [2.24, 2.45) is 11.7 Å². The molecule has 92 valence electrons. The number of aromatic nitrogens is 5. The van der Waals surface area contributed by atoms with Crippen molar-refractivity contribution < 1.29 is 4.52 Å². The Balaban J connectivity index is 2.28. The summed E-state index contributed by atoms with van der Waals surface area (Å²) in [6.07, 6.45) is 1.55. The van der Waals surface area contributed by atoms with Crippen LogP contribution in [0.3, 0.4) is 0 Å². The van der Waals surface area contributed by atoms with E-state index in [1.807, 2.05) is 6.92 Å². The number of nitrogens with two attached hydrogens (primary N) is 1. The van der Waals surface area contributed by atoms with E-state index >= 15 is 0 Å². The van der Waals surface area contributed by atoms with Crippen molar-refractivity contribution in [3.8, 4) is 11.5 Å². The molecule has 2 rings (SSSR count). The molecule has 0 saturated carbocycles. The van der Waals surface area contributed by atoms with Crippen molar-refractivity contribution in [2.45, 2.75) is 32.7 Å². The maximum Gasteiger partial charge on any atom is 0.231 e. The third-order valence-electron chi connectivity index (χ3n) is 2.66. The van der Waals surface area contributed by atoms with Gasteiger partial charge in [-0.1, -0.05) is 19.0 Å². The van der Waals surface area contributed by atoms with E-state index < -0.39 is 0 Å². The molecule has 2 atom stereocenters. The molecule has 7 heteroatoms. The second-order valence-corrected chi connectivity index (χ2v) is 4.44. The summed E-state index contributed by atoms with van der Waals surface area (Å²) in [5.41, 5.74) is 6.50. The molecule has 0 fully saturated rings. The van der Waals surface area contributed by atoms with E-state index in [9.17, 15) is 0 Å². The summed E-state index contributed by atoms with van der Waals surface area (Å²) < 4.78 is 5.25. The highest BCUT2D eigenvalue weighted by atomic mass is 16.5. The molecule has 17 heavy (non-hydrogen) atoms. The Kier molecular flexibility index (Phi) is 3.19. The van der Waals surface area contributed by atoms with Crippen molar-refractivity contribution >= 4 is 0 Å². The van der Waals surface area contributed by atoms with E-state index in [0.29, 0.717) is 23.3 Å². The molecular weight excluding hydrogens is 220 g/mol. The second-order valence-electron chi connectivity index (χ2n) is 4.44. The quantitative estimate of drug-likeness (QED) is 0.818. The Morgan fingerprint density at radius 2 is 2.12 bits per heavy atom. The van der Waals surface area contributed by atoms with E-state index in [4.69, 9.17) is 10.3 Å². The van der Waals surface area contributed by atoms with Crippen LogP contribution in [0.25, 0.3) is 11.5 Å². The summed E-state index contributed by atoms with van der Waals surface area (Å²) in [6, 6.07) is -0.0411. The molecule has 0 bridgehead atoms. The van der Waals surface area contributed by atoms with Crippen LogP contribution in [0.4, 0.5) is 0 Å². The lowest BCUT2D eigenvalue weighted by molar-refractivity contribution is 0.300. The Morgan fingerprint density at radius 3 is 2.65 bits per heavy atom. The monoisotopic (exact) mass is 236 g/mol. The lowest BCUT2D eigenvalue weighted by Crippen LogP contribution is -2.28. The van der Waals surface area contributed by atoms with Crippen molar-refractivity contribution in [3.63, 3.8) is 0 Å². The van der Waals surface area contributed by atoms with Crippen LogP contribution >= 0.6 is 0 Å². The van der Waals surface area contributed by atoms with Gasteiger partial charge in [-0.3, -0.25) is 0 Å². The summed E-state index contributed by atoms with van der Waals surface area (Å²) in [7, 11) is 0. The van der Waals surface area contributed by atoms with Gasteiger partial charge in [-0.05, 0) is 12.8 Å². The van der Waals surface area contributed by atoms with Gasteiger partial charge >= 0.3 is 0 Å². The van der Waals surface area contributed by atoms with Crippen molar-refractivity contribution in [2.75, 3.05) is 0 Å². The Morgan fingerprint density at radius 1 is 1.35 bits per heavy atom. The summed E-state index contributed by atoms with van der Waals surface area (Å²) >= 11 is 0. The van der Waals surface area contributed by atoms with Crippen molar-refractivity contribution in [1.29, 1.82) is 0 Å². The predicted molar refractivity (Wildman–Crippen MR) is 60.9 cm³/mol. The predicted octanol–water partition coefficient (Wildman–Crippen LogP) is 0.941. The Labute approximate surface area is 98.8 Å². The average Bonchev–Trinajstić information content (AvgIpc) is 2.83. The fourth-order valence-electron chi connectivity index (χ4n) is 1.90. The number of nitrogens with one attached hydrogen (secondary N) is 1. The number of H-pyrrole nitrogens is 1. The molecule has 3 N–H and O–H groups in total. The van der Waals surface area contributed by atoms with Gasteiger partial charge in [-0.25, -0.2) is 0 Å². The molecular formula is C10H16N6O. The number of nitrogens with zero attached hydrogens (tertiary/aromatic N) is 4. The summed E-state index contributed by atoms with van der Waals surface area (Å²) in [5, 5.41) is 14.0. The first-order valence-electron chi connectivity index (χ1n) is 5.55. The second kappa shape index (κ2) is 4.62. The van der Waals surface area contributed by atoms with Gasteiger partial charge in [-0.2, -0.15) is 20.4 Å². The summed E-state index contributed by atoms with van der Waals surface area (Å²) in [6.45, 7) is 6.09. The van der Waals surface area contributed by atoms with Crippen LogP contribution in [0.2, 0.25) is 0 Å². The Hall–Kier alpha value is -1.76. The van der Waals surface area contributed by atoms with Crippen LogP contribution in [-0.4, -0.2) is 31.6 Å². The van der Waals surface area contributed by atoms with Crippen LogP contribution < -0.4 is 5.73 Å². The van der Waals surface area contributed by atoms with E-state index in [0.717, 1.165) is 0 Å². The minimum Gasteiger partial charge on any atom is -0.339 e. The first-order chi connectivity index (χ1) is 8.09. The van der Waals surface area contributed by atoms with Crippen LogP contribution in [0.5, 0.6) is 0 Å². The molecule has 0 radical (unpaired) electrons. The van der Waals surface area contributed by atoms with Crippen molar-refractivity contribution in [1.82, 2.24) is 25.6 Å². The van der Waals surface area contributed by atoms with Gasteiger partial charge in [0.05, 0.1) is 12.1 Å². The minimum absolute atomic E-state index is 0.0411. The SMILES string of the molecule is CC(C)C(c1nc(-c2cn[nH]n2)no1)C(C)N. The molecule has 2 aromatic heterocycles.